The molecule has 0 spiro atoms. The first-order chi connectivity index (χ1) is 9.20. The summed E-state index contributed by atoms with van der Waals surface area (Å²) in [6.45, 7) is -3.25. The summed E-state index contributed by atoms with van der Waals surface area (Å²) in [5.74, 6) is -6.12. The molecule has 0 aromatic rings. The van der Waals surface area contributed by atoms with Gasteiger partial charge < -0.3 is 39.6 Å². The third-order valence-corrected chi connectivity index (χ3v) is 2.14. The maximum atomic E-state index is 10.4. The van der Waals surface area contributed by atoms with Crippen LogP contribution in [0.3, 0.4) is 0 Å². The first-order valence-electron chi connectivity index (χ1n) is 5.44. The maximum absolute atomic E-state index is 10.4. The van der Waals surface area contributed by atoms with Gasteiger partial charge in [0, 0.05) is 39.3 Å². The van der Waals surface area contributed by atoms with E-state index in [0.717, 1.165) is 9.80 Å². The van der Waals surface area contributed by atoms with Gasteiger partial charge in [0.2, 0.25) is 0 Å². The molecule has 0 heterocycles. The number of carboxylic acids is 4. The Kier molecular flexibility index (Phi) is 52.7. The number of hydrogen-bond donors (Lipinski definition) is 0. The molecule has 0 aliphatic rings. The van der Waals surface area contributed by atoms with Gasteiger partial charge in [-0.1, -0.05) is 0 Å². The number of hydrogen-bond acceptors (Lipinski definition) is 10. The van der Waals surface area contributed by atoms with E-state index < -0.39 is 50.1 Å². The van der Waals surface area contributed by atoms with Crippen LogP contribution < -0.4 is 139 Å². The van der Waals surface area contributed by atoms with Crippen LogP contribution in [-0.4, -0.2) is 132 Å². The molecule has 0 unspecified atom stereocenters. The topological polar surface area (TPSA) is 167 Å². The number of rotatable bonds is 11. The summed E-state index contributed by atoms with van der Waals surface area (Å²) in [5, 5.41) is 41.6. The third kappa shape index (κ3) is 32.5. The molecule has 0 rings (SSSR count). The second kappa shape index (κ2) is 28.8. The van der Waals surface area contributed by atoms with E-state index in [4.69, 9.17) is 0 Å². The molecule has 16 heteroatoms. The van der Waals surface area contributed by atoms with Gasteiger partial charge in [0.15, 0.2) is 0 Å². The molecule has 0 saturated heterocycles. The van der Waals surface area contributed by atoms with Crippen LogP contribution in [0.25, 0.3) is 0 Å². The average Bonchev–Trinajstić information content (AvgIpc) is 2.22. The van der Waals surface area contributed by atoms with E-state index in [0.29, 0.717) is 0 Å². The van der Waals surface area contributed by atoms with Gasteiger partial charge in [0.25, 0.3) is 0 Å². The van der Waals surface area contributed by atoms with Crippen molar-refractivity contribution in [3.8, 4) is 0 Å². The van der Waals surface area contributed by atoms with E-state index >= 15 is 0 Å². The Morgan fingerprint density at radius 1 is 0.500 bits per heavy atom. The first kappa shape index (κ1) is 47.5. The van der Waals surface area contributed by atoms with Gasteiger partial charge in [-0.25, -0.2) is 0 Å². The molecule has 0 bridgehead atoms. The number of carbonyl (C=O) groups excluding carboxylic acids is 4. The Morgan fingerprint density at radius 3 is 0.769 bits per heavy atom. The van der Waals surface area contributed by atoms with Crippen LogP contribution in [-0.2, 0) is 19.2 Å². The number of carboxylic acid groups (broad SMARTS) is 4. The van der Waals surface area contributed by atoms with Crippen molar-refractivity contribution < 1.29 is 158 Å². The summed E-state index contributed by atoms with van der Waals surface area (Å²) in [5.41, 5.74) is 0. The SMILES string of the molecule is O=C([O-])CN(CCN(CC(=O)[O-])CC(=O)[O-])CC(=O)[O-].[Na+].[Na+].[Na+].[Na+].[NaH].[NaH]. The molecule has 0 radical (unpaired) electrons. The van der Waals surface area contributed by atoms with E-state index in [2.05, 4.69) is 0 Å². The fraction of sp³-hybridized carbons (Fsp3) is 0.600. The summed E-state index contributed by atoms with van der Waals surface area (Å²) in [6, 6.07) is 0. The summed E-state index contributed by atoms with van der Waals surface area (Å²) in [7, 11) is 0. The fourth-order valence-corrected chi connectivity index (χ4v) is 1.44. The first-order valence-corrected chi connectivity index (χ1v) is 5.44. The van der Waals surface area contributed by atoms with E-state index in [1.807, 2.05) is 0 Å². The Hall–Kier alpha value is 3.80. The molecule has 10 nitrogen and oxygen atoms in total. The van der Waals surface area contributed by atoms with Crippen molar-refractivity contribution in [2.75, 3.05) is 39.3 Å². The van der Waals surface area contributed by atoms with Crippen LogP contribution in [0.15, 0.2) is 0 Å². The molecule has 26 heavy (non-hydrogen) atoms. The van der Waals surface area contributed by atoms with Gasteiger partial charge in [0.05, 0.1) is 23.9 Å². The van der Waals surface area contributed by atoms with Crippen LogP contribution in [0.2, 0.25) is 0 Å². The van der Waals surface area contributed by atoms with E-state index in [1.165, 1.54) is 0 Å². The molecule has 0 amide bonds. The van der Waals surface area contributed by atoms with Crippen molar-refractivity contribution in [2.45, 2.75) is 0 Å². The Labute approximate surface area is 284 Å². The second-order valence-corrected chi connectivity index (χ2v) is 3.91. The number of aliphatic carboxylic acids is 4. The molecular formula is C10H14N2Na6O8. The quantitative estimate of drug-likeness (QED) is 0.288. The summed E-state index contributed by atoms with van der Waals surface area (Å²) in [6.07, 6.45) is 0. The molecule has 0 fully saturated rings. The van der Waals surface area contributed by atoms with Gasteiger partial charge in [-0.3, -0.25) is 9.80 Å². The standard InChI is InChI=1S/C10H16N2O8.6Na.2H/c13-7(14)3-11(4-8(15)16)1-2-12(5-9(17)18)6-10(19)20;;;;;;;;/h1-6H2,(H,13,14)(H,15,16)(H,17,18)(H,19,20);;;;;;;;/q;;;4*+1;;/p-4. The van der Waals surface area contributed by atoms with Crippen LogP contribution in [0.1, 0.15) is 0 Å². The van der Waals surface area contributed by atoms with E-state index in [9.17, 15) is 39.6 Å². The molecule has 0 aliphatic heterocycles. The molecule has 0 atom stereocenters. The Bertz CT molecular complexity index is 336. The molecule has 0 aromatic carbocycles. The molecule has 118 valence electrons. The van der Waals surface area contributed by atoms with Crippen LogP contribution in [0, 0.1) is 0 Å². The van der Waals surface area contributed by atoms with Gasteiger partial charge in [-0.2, -0.15) is 0 Å². The van der Waals surface area contributed by atoms with Crippen LogP contribution in [0.5, 0.6) is 0 Å². The van der Waals surface area contributed by atoms with Gasteiger partial charge in [-0.15, -0.1) is 0 Å². The predicted octanol–water partition coefficient (Wildman–Crippen LogP) is -20.7. The molecule has 0 N–H and O–H groups in total. The van der Waals surface area contributed by atoms with E-state index in [-0.39, 0.29) is 190 Å². The van der Waals surface area contributed by atoms with Crippen molar-refractivity contribution in [1.29, 1.82) is 0 Å². The summed E-state index contributed by atoms with van der Waals surface area (Å²) in [4.78, 5) is 43.4. The molecule has 0 aromatic heterocycles. The second-order valence-electron chi connectivity index (χ2n) is 3.91. The zero-order chi connectivity index (χ0) is 15.7. The van der Waals surface area contributed by atoms with Gasteiger partial charge in [-0.05, 0) is 0 Å². The average molecular weight is 428 g/mol. The predicted molar refractivity (Wildman–Crippen MR) is 67.2 cm³/mol. The zero-order valence-corrected chi connectivity index (χ0v) is 22.4. The van der Waals surface area contributed by atoms with Crippen LogP contribution >= 0.6 is 0 Å². The monoisotopic (exact) mass is 428 g/mol. The van der Waals surface area contributed by atoms with Gasteiger partial charge in [0.1, 0.15) is 0 Å². The number of nitrogens with zero attached hydrogens (tertiary/aromatic N) is 2. The minimum absolute atomic E-state index is 0. The normalized spacial score (nSPS) is 8.23. The van der Waals surface area contributed by atoms with E-state index in [1.54, 1.807) is 0 Å². The summed E-state index contributed by atoms with van der Waals surface area (Å²) < 4.78 is 0. The zero-order valence-electron chi connectivity index (χ0n) is 14.4. The summed E-state index contributed by atoms with van der Waals surface area (Å²) >= 11 is 0. The third-order valence-electron chi connectivity index (χ3n) is 2.14. The van der Waals surface area contributed by atoms with Crippen molar-refractivity contribution in [2.24, 2.45) is 0 Å². The van der Waals surface area contributed by atoms with Crippen molar-refractivity contribution in [1.82, 2.24) is 9.80 Å². The minimum atomic E-state index is -1.53. The molecule has 0 aliphatic carbocycles. The number of carbonyl (C=O) groups is 4. The van der Waals surface area contributed by atoms with Gasteiger partial charge >= 0.3 is 177 Å². The van der Waals surface area contributed by atoms with Crippen molar-refractivity contribution in [3.63, 3.8) is 0 Å². The molecule has 0 saturated carbocycles. The fourth-order valence-electron chi connectivity index (χ4n) is 1.44. The molecular weight excluding hydrogens is 414 g/mol. The van der Waals surface area contributed by atoms with Crippen molar-refractivity contribution >= 4 is 83.0 Å². The van der Waals surface area contributed by atoms with Crippen molar-refractivity contribution in [3.05, 3.63) is 0 Å². The Morgan fingerprint density at radius 2 is 0.654 bits per heavy atom. The Balaban J connectivity index is -0.000000120. The van der Waals surface area contributed by atoms with Crippen LogP contribution in [0.4, 0.5) is 0 Å².